The van der Waals surface area contributed by atoms with E-state index in [2.05, 4.69) is 34.3 Å². The Hall–Kier alpha value is -2.01. The first kappa shape index (κ1) is 12.0. The van der Waals surface area contributed by atoms with Crippen molar-refractivity contribution in [2.45, 2.75) is 6.92 Å². The Kier molecular flexibility index (Phi) is 3.13. The molecule has 2 N–H and O–H groups in total. The SMILES string of the molecule is Cc1nn(-c2ccc(N3CCOCC3)cc2)cc1N. The highest BCUT2D eigenvalue weighted by Crippen LogP contribution is 2.19. The third-order valence-corrected chi connectivity index (χ3v) is 3.43. The van der Waals surface area contributed by atoms with Crippen LogP contribution in [-0.2, 0) is 4.74 Å². The lowest BCUT2D eigenvalue weighted by atomic mass is 10.2. The maximum atomic E-state index is 5.82. The number of anilines is 2. The topological polar surface area (TPSA) is 56.3 Å². The van der Waals surface area contributed by atoms with E-state index in [1.165, 1.54) is 5.69 Å². The molecule has 3 rings (SSSR count). The van der Waals surface area contributed by atoms with E-state index < -0.39 is 0 Å². The molecule has 0 unspecified atom stereocenters. The van der Waals surface area contributed by atoms with Crippen molar-refractivity contribution in [2.24, 2.45) is 0 Å². The molecule has 1 aromatic carbocycles. The molecule has 2 heterocycles. The number of hydrogen-bond donors (Lipinski definition) is 1. The molecule has 0 radical (unpaired) electrons. The van der Waals surface area contributed by atoms with Crippen molar-refractivity contribution >= 4 is 11.4 Å². The van der Waals surface area contributed by atoms with E-state index in [9.17, 15) is 0 Å². The molecule has 1 aliphatic heterocycles. The minimum absolute atomic E-state index is 0.720. The fourth-order valence-corrected chi connectivity index (χ4v) is 2.24. The number of benzene rings is 1. The second kappa shape index (κ2) is 4.93. The molecule has 1 fully saturated rings. The van der Waals surface area contributed by atoms with Crippen LogP contribution in [0.4, 0.5) is 11.4 Å². The largest absolute Gasteiger partial charge is 0.396 e. The number of aromatic nitrogens is 2. The van der Waals surface area contributed by atoms with Gasteiger partial charge in [0.1, 0.15) is 0 Å². The number of nitrogens with two attached hydrogens (primary N) is 1. The maximum absolute atomic E-state index is 5.82. The Morgan fingerprint density at radius 1 is 1.11 bits per heavy atom. The number of nitrogens with zero attached hydrogens (tertiary/aromatic N) is 3. The van der Waals surface area contributed by atoms with Crippen molar-refractivity contribution in [3.05, 3.63) is 36.2 Å². The summed E-state index contributed by atoms with van der Waals surface area (Å²) in [7, 11) is 0. The smallest absolute Gasteiger partial charge is 0.0827 e. The van der Waals surface area contributed by atoms with Crippen molar-refractivity contribution < 1.29 is 4.74 Å². The molecule has 1 aliphatic rings. The van der Waals surface area contributed by atoms with Gasteiger partial charge in [0.15, 0.2) is 0 Å². The van der Waals surface area contributed by atoms with Crippen molar-refractivity contribution in [1.82, 2.24) is 9.78 Å². The average molecular weight is 258 g/mol. The van der Waals surface area contributed by atoms with Gasteiger partial charge in [-0.25, -0.2) is 4.68 Å². The first-order chi connectivity index (χ1) is 9.24. The summed E-state index contributed by atoms with van der Waals surface area (Å²) in [6.07, 6.45) is 1.85. The van der Waals surface area contributed by atoms with Crippen LogP contribution in [0.2, 0.25) is 0 Å². The van der Waals surface area contributed by atoms with Crippen molar-refractivity contribution in [1.29, 1.82) is 0 Å². The van der Waals surface area contributed by atoms with E-state index >= 15 is 0 Å². The van der Waals surface area contributed by atoms with E-state index in [0.717, 1.165) is 43.4 Å². The lowest BCUT2D eigenvalue weighted by Crippen LogP contribution is -2.36. The van der Waals surface area contributed by atoms with E-state index in [0.29, 0.717) is 0 Å². The highest BCUT2D eigenvalue weighted by atomic mass is 16.5. The second-order valence-corrected chi connectivity index (χ2v) is 4.73. The molecule has 0 spiro atoms. The van der Waals surface area contributed by atoms with Gasteiger partial charge in [-0.1, -0.05) is 0 Å². The fraction of sp³-hybridized carbons (Fsp3) is 0.357. The summed E-state index contributed by atoms with van der Waals surface area (Å²) in [4.78, 5) is 2.33. The number of rotatable bonds is 2. The second-order valence-electron chi connectivity index (χ2n) is 4.73. The van der Waals surface area contributed by atoms with Gasteiger partial charge in [0, 0.05) is 18.8 Å². The summed E-state index contributed by atoms with van der Waals surface area (Å²) >= 11 is 0. The van der Waals surface area contributed by atoms with Crippen molar-refractivity contribution in [3.8, 4) is 5.69 Å². The minimum Gasteiger partial charge on any atom is -0.396 e. The maximum Gasteiger partial charge on any atom is 0.0827 e. The summed E-state index contributed by atoms with van der Waals surface area (Å²) in [5, 5.41) is 4.38. The Labute approximate surface area is 112 Å². The van der Waals surface area contributed by atoms with Gasteiger partial charge >= 0.3 is 0 Å². The first-order valence-electron chi connectivity index (χ1n) is 6.49. The zero-order valence-corrected chi connectivity index (χ0v) is 11.0. The van der Waals surface area contributed by atoms with Crippen molar-refractivity contribution in [2.75, 3.05) is 36.9 Å². The molecule has 0 aliphatic carbocycles. The molecule has 5 nitrogen and oxygen atoms in total. The molecular weight excluding hydrogens is 240 g/mol. The molecular formula is C14H18N4O. The number of aryl methyl sites for hydroxylation is 1. The summed E-state index contributed by atoms with van der Waals surface area (Å²) in [5.41, 5.74) is 9.65. The van der Waals surface area contributed by atoms with Gasteiger partial charge in [-0.2, -0.15) is 5.10 Å². The van der Waals surface area contributed by atoms with Gasteiger partial charge in [0.05, 0.1) is 36.5 Å². The van der Waals surface area contributed by atoms with Crippen LogP contribution in [0.25, 0.3) is 5.69 Å². The van der Waals surface area contributed by atoms with E-state index in [1.807, 2.05) is 17.8 Å². The summed E-state index contributed by atoms with van der Waals surface area (Å²) < 4.78 is 7.17. The lowest BCUT2D eigenvalue weighted by Gasteiger charge is -2.28. The summed E-state index contributed by atoms with van der Waals surface area (Å²) in [5.74, 6) is 0. The van der Waals surface area contributed by atoms with Crippen LogP contribution in [0.1, 0.15) is 5.69 Å². The third-order valence-electron chi connectivity index (χ3n) is 3.43. The zero-order chi connectivity index (χ0) is 13.2. The van der Waals surface area contributed by atoms with Gasteiger partial charge in [-0.15, -0.1) is 0 Å². The molecule has 0 amide bonds. The van der Waals surface area contributed by atoms with Crippen LogP contribution < -0.4 is 10.6 Å². The van der Waals surface area contributed by atoms with Crippen LogP contribution in [0, 0.1) is 6.92 Å². The molecule has 0 atom stereocenters. The van der Waals surface area contributed by atoms with Gasteiger partial charge in [-0.3, -0.25) is 0 Å². The zero-order valence-electron chi connectivity index (χ0n) is 11.0. The van der Waals surface area contributed by atoms with E-state index in [1.54, 1.807) is 0 Å². The summed E-state index contributed by atoms with van der Waals surface area (Å²) in [6.45, 7) is 5.42. The first-order valence-corrected chi connectivity index (χ1v) is 6.49. The number of morpholine rings is 1. The van der Waals surface area contributed by atoms with Crippen LogP contribution in [0.15, 0.2) is 30.5 Å². The molecule has 19 heavy (non-hydrogen) atoms. The highest BCUT2D eigenvalue weighted by molar-refractivity contribution is 5.52. The Morgan fingerprint density at radius 2 is 1.74 bits per heavy atom. The minimum atomic E-state index is 0.720. The Morgan fingerprint density at radius 3 is 2.32 bits per heavy atom. The molecule has 2 aromatic rings. The number of hydrogen-bond acceptors (Lipinski definition) is 4. The number of ether oxygens (including phenoxy) is 1. The van der Waals surface area contributed by atoms with Gasteiger partial charge in [0.2, 0.25) is 0 Å². The van der Waals surface area contributed by atoms with Crippen LogP contribution in [0.5, 0.6) is 0 Å². The molecule has 0 saturated carbocycles. The van der Waals surface area contributed by atoms with E-state index in [4.69, 9.17) is 10.5 Å². The van der Waals surface area contributed by atoms with Crippen molar-refractivity contribution in [3.63, 3.8) is 0 Å². The highest BCUT2D eigenvalue weighted by Gasteiger charge is 2.11. The van der Waals surface area contributed by atoms with Gasteiger partial charge in [-0.05, 0) is 31.2 Å². The fourth-order valence-electron chi connectivity index (χ4n) is 2.24. The monoisotopic (exact) mass is 258 g/mol. The van der Waals surface area contributed by atoms with Gasteiger partial charge < -0.3 is 15.4 Å². The summed E-state index contributed by atoms with van der Waals surface area (Å²) in [6, 6.07) is 8.37. The predicted octanol–water partition coefficient (Wildman–Crippen LogP) is 1.60. The van der Waals surface area contributed by atoms with E-state index in [-0.39, 0.29) is 0 Å². The third kappa shape index (κ3) is 2.42. The standard InChI is InChI=1S/C14H18N4O/c1-11-14(15)10-18(16-11)13-4-2-12(3-5-13)17-6-8-19-9-7-17/h2-5,10H,6-9,15H2,1H3. The van der Waals surface area contributed by atoms with Gasteiger partial charge in [0.25, 0.3) is 0 Å². The van der Waals surface area contributed by atoms with Crippen LogP contribution >= 0.6 is 0 Å². The Balaban J connectivity index is 1.82. The molecule has 1 aromatic heterocycles. The molecule has 5 heteroatoms. The molecule has 100 valence electrons. The van der Waals surface area contributed by atoms with Crippen LogP contribution in [-0.4, -0.2) is 36.1 Å². The quantitative estimate of drug-likeness (QED) is 0.889. The average Bonchev–Trinajstić information content (AvgIpc) is 2.80. The Bertz CT molecular complexity index is 536. The lowest BCUT2D eigenvalue weighted by molar-refractivity contribution is 0.122. The molecule has 0 bridgehead atoms. The number of nitrogen functional groups attached to an aromatic ring is 1. The van der Waals surface area contributed by atoms with Crippen LogP contribution in [0.3, 0.4) is 0 Å². The molecule has 1 saturated heterocycles. The predicted molar refractivity (Wildman–Crippen MR) is 75.7 cm³/mol. The normalized spacial score (nSPS) is 15.7.